The number of aliphatic carboxylic acids is 1. The maximum atomic E-state index is 12.7. The van der Waals surface area contributed by atoms with Crippen molar-refractivity contribution >= 4 is 46.2 Å². The molecule has 0 radical (unpaired) electrons. The summed E-state index contributed by atoms with van der Waals surface area (Å²) in [6, 6.07) is 2.47. The first kappa shape index (κ1) is 25.9. The number of esters is 1. The second-order valence-corrected chi connectivity index (χ2v) is 9.21. The summed E-state index contributed by atoms with van der Waals surface area (Å²) in [4.78, 5) is 58.1. The molecule has 0 aromatic carbocycles. The van der Waals surface area contributed by atoms with Gasteiger partial charge in [-0.15, -0.1) is 11.3 Å². The molecule has 3 heterocycles. The molecule has 0 bridgehead atoms. The quantitative estimate of drug-likeness (QED) is 0.234. The number of aromatic amines is 2. The fourth-order valence-electron chi connectivity index (χ4n) is 3.44. The van der Waals surface area contributed by atoms with E-state index in [0.29, 0.717) is 35.2 Å². The van der Waals surface area contributed by atoms with Crippen LogP contribution in [0.2, 0.25) is 0 Å². The number of fused-ring (bicyclic) bond motifs is 1. The number of anilines is 1. The van der Waals surface area contributed by atoms with Gasteiger partial charge in [0.2, 0.25) is 5.95 Å². The molecule has 188 valence electrons. The maximum Gasteiger partial charge on any atom is 0.328 e. The molecule has 2 unspecified atom stereocenters. The summed E-state index contributed by atoms with van der Waals surface area (Å²) in [5, 5.41) is 13.9. The highest BCUT2D eigenvalue weighted by atomic mass is 32.1. The Kier molecular flexibility index (Phi) is 8.63. The molecule has 0 aliphatic rings. The van der Waals surface area contributed by atoms with Crippen LogP contribution in [-0.4, -0.2) is 50.1 Å². The van der Waals surface area contributed by atoms with E-state index < -0.39 is 23.9 Å². The summed E-state index contributed by atoms with van der Waals surface area (Å²) in [6.07, 6.45) is 2.10. The number of H-pyrrole nitrogens is 2. The third kappa shape index (κ3) is 7.15. The standard InChI is InChI=1S/C23H29N5O6S/c1-3-12(2)34-22(33)16(7-8-18(29)30)26-21(32)17-9-13(11-35-17)5-4-6-14-10-15-19(25-14)27-23(24)28-20(15)31/h9-12,16H,3-8H2,1-2H3,(H,26,32)(H,29,30)(H4,24,25,27,28,31). The molecule has 11 nitrogen and oxygen atoms in total. The summed E-state index contributed by atoms with van der Waals surface area (Å²) in [6.45, 7) is 3.60. The first-order valence-corrected chi connectivity index (χ1v) is 12.2. The van der Waals surface area contributed by atoms with E-state index in [2.05, 4.69) is 20.3 Å². The van der Waals surface area contributed by atoms with Gasteiger partial charge in [0.25, 0.3) is 11.5 Å². The third-order valence-electron chi connectivity index (χ3n) is 5.49. The number of rotatable bonds is 12. The molecule has 0 saturated heterocycles. The molecule has 0 spiro atoms. The van der Waals surface area contributed by atoms with Crippen LogP contribution in [0, 0.1) is 0 Å². The minimum atomic E-state index is -1.06. The second-order valence-electron chi connectivity index (χ2n) is 8.29. The van der Waals surface area contributed by atoms with Crippen molar-refractivity contribution in [2.75, 3.05) is 5.73 Å². The number of nitrogens with two attached hydrogens (primary N) is 1. The van der Waals surface area contributed by atoms with Gasteiger partial charge in [-0.3, -0.25) is 19.4 Å². The molecule has 6 N–H and O–H groups in total. The number of nitrogens with zero attached hydrogens (tertiary/aromatic N) is 1. The van der Waals surface area contributed by atoms with Gasteiger partial charge in [-0.05, 0) is 62.1 Å². The van der Waals surface area contributed by atoms with E-state index in [9.17, 15) is 19.2 Å². The van der Waals surface area contributed by atoms with Gasteiger partial charge >= 0.3 is 11.9 Å². The van der Waals surface area contributed by atoms with Gasteiger partial charge in [0.15, 0.2) is 0 Å². The van der Waals surface area contributed by atoms with Crippen LogP contribution in [0.5, 0.6) is 0 Å². The van der Waals surface area contributed by atoms with Crippen molar-refractivity contribution < 1.29 is 24.2 Å². The highest BCUT2D eigenvalue weighted by Gasteiger charge is 2.25. The van der Waals surface area contributed by atoms with Crippen molar-refractivity contribution in [3.05, 3.63) is 44.0 Å². The summed E-state index contributed by atoms with van der Waals surface area (Å²) in [5.41, 5.74) is 7.54. The lowest BCUT2D eigenvalue weighted by Crippen LogP contribution is -2.42. The summed E-state index contributed by atoms with van der Waals surface area (Å²) < 4.78 is 5.29. The van der Waals surface area contributed by atoms with Gasteiger partial charge in [0.1, 0.15) is 11.7 Å². The Labute approximate surface area is 205 Å². The number of nitrogens with one attached hydrogen (secondary N) is 3. The maximum absolute atomic E-state index is 12.7. The largest absolute Gasteiger partial charge is 0.481 e. The number of thiophene rings is 1. The molecule has 0 aliphatic carbocycles. The molecule has 1 amide bonds. The highest BCUT2D eigenvalue weighted by molar-refractivity contribution is 7.12. The lowest BCUT2D eigenvalue weighted by Gasteiger charge is -2.19. The predicted molar refractivity (Wildman–Crippen MR) is 131 cm³/mol. The van der Waals surface area contributed by atoms with E-state index in [-0.39, 0.29) is 30.5 Å². The van der Waals surface area contributed by atoms with Crippen molar-refractivity contribution in [2.24, 2.45) is 0 Å². The van der Waals surface area contributed by atoms with Gasteiger partial charge in [-0.2, -0.15) is 4.98 Å². The molecule has 3 aromatic rings. The smallest absolute Gasteiger partial charge is 0.328 e. The average Bonchev–Trinajstić information content (AvgIpc) is 3.43. The Morgan fingerprint density at radius 1 is 1.26 bits per heavy atom. The van der Waals surface area contributed by atoms with Gasteiger partial charge in [0.05, 0.1) is 16.4 Å². The number of carboxylic acids is 1. The summed E-state index contributed by atoms with van der Waals surface area (Å²) >= 11 is 1.25. The van der Waals surface area contributed by atoms with Crippen LogP contribution in [-0.2, 0) is 27.2 Å². The number of carboxylic acid groups (broad SMARTS) is 1. The Balaban J connectivity index is 1.57. The number of nitrogen functional groups attached to an aromatic ring is 1. The summed E-state index contributed by atoms with van der Waals surface area (Å²) in [5.74, 6) is -2.09. The van der Waals surface area contributed by atoms with E-state index in [1.165, 1.54) is 11.3 Å². The topological polar surface area (TPSA) is 180 Å². The fourth-order valence-corrected chi connectivity index (χ4v) is 4.29. The minimum Gasteiger partial charge on any atom is -0.481 e. The highest BCUT2D eigenvalue weighted by Crippen LogP contribution is 2.19. The van der Waals surface area contributed by atoms with Crippen molar-refractivity contribution in [1.29, 1.82) is 0 Å². The molecule has 0 aliphatic heterocycles. The molecular formula is C23H29N5O6S. The number of hydrogen-bond donors (Lipinski definition) is 5. The Morgan fingerprint density at radius 3 is 2.74 bits per heavy atom. The number of hydrogen-bond acceptors (Lipinski definition) is 8. The van der Waals surface area contributed by atoms with Crippen molar-refractivity contribution in [1.82, 2.24) is 20.3 Å². The lowest BCUT2D eigenvalue weighted by molar-refractivity contribution is -0.151. The van der Waals surface area contributed by atoms with E-state index in [0.717, 1.165) is 17.7 Å². The average molecular weight is 504 g/mol. The molecule has 0 fully saturated rings. The van der Waals surface area contributed by atoms with Crippen LogP contribution in [0.1, 0.15) is 60.5 Å². The zero-order valence-corrected chi connectivity index (χ0v) is 20.4. The zero-order chi connectivity index (χ0) is 25.5. The lowest BCUT2D eigenvalue weighted by atomic mass is 10.1. The zero-order valence-electron chi connectivity index (χ0n) is 19.6. The van der Waals surface area contributed by atoms with Crippen LogP contribution in [0.3, 0.4) is 0 Å². The second kappa shape index (κ2) is 11.6. The van der Waals surface area contributed by atoms with Gasteiger partial charge < -0.3 is 25.9 Å². The van der Waals surface area contributed by atoms with E-state index in [4.69, 9.17) is 15.6 Å². The van der Waals surface area contributed by atoms with Crippen molar-refractivity contribution in [3.8, 4) is 0 Å². The molecule has 12 heteroatoms. The normalized spacial score (nSPS) is 12.9. The number of amides is 1. The van der Waals surface area contributed by atoms with Crippen LogP contribution < -0.4 is 16.6 Å². The Hall–Kier alpha value is -3.67. The van der Waals surface area contributed by atoms with E-state index in [1.807, 2.05) is 12.3 Å². The fraction of sp³-hybridized carbons (Fsp3) is 0.435. The van der Waals surface area contributed by atoms with Crippen LogP contribution in [0.25, 0.3) is 11.0 Å². The van der Waals surface area contributed by atoms with Gasteiger partial charge in [-0.25, -0.2) is 4.79 Å². The molecule has 35 heavy (non-hydrogen) atoms. The monoisotopic (exact) mass is 503 g/mol. The van der Waals surface area contributed by atoms with Gasteiger partial charge in [-0.1, -0.05) is 6.92 Å². The molecule has 3 rings (SSSR count). The summed E-state index contributed by atoms with van der Waals surface area (Å²) in [7, 11) is 0. The number of carbonyl (C=O) groups excluding carboxylic acids is 2. The SMILES string of the molecule is CCC(C)OC(=O)C(CCC(=O)O)NC(=O)c1cc(CCCc2cc3c(=O)[nH]c(N)nc3[nH]2)cs1. The van der Waals surface area contributed by atoms with Crippen LogP contribution in [0.15, 0.2) is 22.3 Å². The third-order valence-corrected chi connectivity index (χ3v) is 6.47. The number of carbonyl (C=O) groups is 3. The number of ether oxygens (including phenoxy) is 1. The van der Waals surface area contributed by atoms with Crippen molar-refractivity contribution in [3.63, 3.8) is 0 Å². The van der Waals surface area contributed by atoms with Gasteiger partial charge in [0, 0.05) is 12.1 Å². The van der Waals surface area contributed by atoms with Crippen LogP contribution in [0.4, 0.5) is 5.95 Å². The predicted octanol–water partition coefficient (Wildman–Crippen LogP) is 2.38. The first-order chi connectivity index (χ1) is 16.7. The van der Waals surface area contributed by atoms with Crippen LogP contribution >= 0.6 is 11.3 Å². The number of aryl methyl sites for hydroxylation is 2. The van der Waals surface area contributed by atoms with Crippen molar-refractivity contribution in [2.45, 2.75) is 64.5 Å². The molecule has 0 saturated carbocycles. The first-order valence-electron chi connectivity index (χ1n) is 11.3. The molecule has 3 aromatic heterocycles. The van der Waals surface area contributed by atoms with E-state index >= 15 is 0 Å². The Morgan fingerprint density at radius 2 is 2.03 bits per heavy atom. The molecular weight excluding hydrogens is 474 g/mol. The minimum absolute atomic E-state index is 0.0532. The van der Waals surface area contributed by atoms with E-state index in [1.54, 1.807) is 19.1 Å². The Bertz CT molecular complexity index is 1260. The number of aromatic nitrogens is 3. The molecule has 2 atom stereocenters.